The van der Waals surface area contributed by atoms with Crippen molar-refractivity contribution in [2.45, 2.75) is 52.6 Å². The fourth-order valence-electron chi connectivity index (χ4n) is 3.46. The summed E-state index contributed by atoms with van der Waals surface area (Å²) < 4.78 is 6.86. The summed E-state index contributed by atoms with van der Waals surface area (Å²) in [5, 5.41) is 1.18. The summed E-state index contributed by atoms with van der Waals surface area (Å²) in [5.41, 5.74) is 2.46. The van der Waals surface area contributed by atoms with E-state index in [0.717, 1.165) is 42.6 Å². The summed E-state index contributed by atoms with van der Waals surface area (Å²) in [4.78, 5) is 21.7. The van der Waals surface area contributed by atoms with Gasteiger partial charge < -0.3 is 9.64 Å². The highest BCUT2D eigenvalue weighted by Gasteiger charge is 2.29. The van der Waals surface area contributed by atoms with Gasteiger partial charge in [0.15, 0.2) is 0 Å². The Kier molecular flexibility index (Phi) is 6.64. The van der Waals surface area contributed by atoms with E-state index in [1.165, 1.54) is 9.71 Å². The average molecular weight is 416 g/mol. The molecule has 0 saturated carbocycles. The molecule has 1 atom stereocenters. The van der Waals surface area contributed by atoms with Crippen LogP contribution in [0.4, 0.5) is 4.79 Å². The van der Waals surface area contributed by atoms with Crippen LogP contribution in [0.15, 0.2) is 24.3 Å². The molecule has 0 N–H and O–H groups in total. The van der Waals surface area contributed by atoms with Gasteiger partial charge in [-0.3, -0.25) is 4.90 Å². The van der Waals surface area contributed by atoms with Crippen molar-refractivity contribution in [3.8, 4) is 0 Å². The molecule has 158 valence electrons. The number of carbonyl (C=O) groups is 1. The molecule has 5 nitrogen and oxygen atoms in total. The first kappa shape index (κ1) is 21.8. The van der Waals surface area contributed by atoms with Crippen molar-refractivity contribution in [2.24, 2.45) is 5.92 Å². The Hall–Kier alpha value is -1.92. The summed E-state index contributed by atoms with van der Waals surface area (Å²) in [7, 11) is 4.19. The van der Waals surface area contributed by atoms with E-state index in [-0.39, 0.29) is 6.09 Å². The molecule has 0 bridgehead atoms. The Labute approximate surface area is 178 Å². The number of carbonyl (C=O) groups excluding carboxylic acids is 1. The van der Waals surface area contributed by atoms with Gasteiger partial charge in [-0.05, 0) is 72.3 Å². The van der Waals surface area contributed by atoms with Gasteiger partial charge in [-0.2, -0.15) is 0 Å². The summed E-state index contributed by atoms with van der Waals surface area (Å²) in [5.74, 6) is 0.414. The van der Waals surface area contributed by atoms with Crippen LogP contribution in [0.25, 0.3) is 15.9 Å². The van der Waals surface area contributed by atoms with E-state index >= 15 is 0 Å². The number of benzene rings is 1. The summed E-state index contributed by atoms with van der Waals surface area (Å²) in [6.45, 7) is 9.61. The number of hydrogen-bond donors (Lipinski definition) is 0. The van der Waals surface area contributed by atoms with Gasteiger partial charge >= 0.3 is 6.09 Å². The first-order valence-electron chi connectivity index (χ1n) is 10.4. The van der Waals surface area contributed by atoms with E-state index in [1.54, 1.807) is 16.2 Å². The maximum absolute atomic E-state index is 12.8. The maximum Gasteiger partial charge on any atom is 0.414 e. The normalized spacial score (nSPS) is 17.7. The lowest BCUT2D eigenvalue weighted by molar-refractivity contribution is 0.0327. The number of fused-ring (bicyclic) bond motifs is 1. The fourth-order valence-corrected chi connectivity index (χ4v) is 4.45. The van der Waals surface area contributed by atoms with Crippen LogP contribution in [0.1, 0.15) is 51.1 Å². The predicted octanol–water partition coefficient (Wildman–Crippen LogP) is 5.41. The van der Waals surface area contributed by atoms with E-state index in [1.807, 2.05) is 20.8 Å². The molecule has 1 unspecified atom stereocenters. The van der Waals surface area contributed by atoms with Crippen LogP contribution in [0.2, 0.25) is 0 Å². The van der Waals surface area contributed by atoms with Gasteiger partial charge in [0, 0.05) is 18.5 Å². The van der Waals surface area contributed by atoms with Crippen molar-refractivity contribution in [3.63, 3.8) is 0 Å². The Balaban J connectivity index is 1.84. The third kappa shape index (κ3) is 5.80. The van der Waals surface area contributed by atoms with Crippen molar-refractivity contribution in [2.75, 3.05) is 27.2 Å². The topological polar surface area (TPSA) is 45.7 Å². The highest BCUT2D eigenvalue weighted by molar-refractivity contribution is 7.18. The number of aromatic nitrogens is 1. The lowest BCUT2D eigenvalue weighted by Crippen LogP contribution is -2.39. The highest BCUT2D eigenvalue weighted by Crippen LogP contribution is 2.32. The van der Waals surface area contributed by atoms with Crippen LogP contribution in [-0.2, 0) is 11.2 Å². The third-order valence-electron chi connectivity index (χ3n) is 4.84. The van der Waals surface area contributed by atoms with Gasteiger partial charge in [0.1, 0.15) is 5.60 Å². The molecule has 0 saturated heterocycles. The van der Waals surface area contributed by atoms with Crippen LogP contribution in [-0.4, -0.2) is 53.7 Å². The monoisotopic (exact) mass is 415 g/mol. The Morgan fingerprint density at radius 2 is 2.10 bits per heavy atom. The first-order valence-corrected chi connectivity index (χ1v) is 11.2. The van der Waals surface area contributed by atoms with Gasteiger partial charge in [0.2, 0.25) is 0 Å². The highest BCUT2D eigenvalue weighted by atomic mass is 32.1. The summed E-state index contributed by atoms with van der Waals surface area (Å²) >= 11 is 1.77. The number of nitrogens with zero attached hydrogens (tertiary/aromatic N) is 3. The van der Waals surface area contributed by atoms with E-state index < -0.39 is 5.60 Å². The Bertz CT molecular complexity index is 895. The van der Waals surface area contributed by atoms with E-state index in [9.17, 15) is 4.79 Å². The van der Waals surface area contributed by atoms with Gasteiger partial charge in [-0.15, -0.1) is 11.3 Å². The standard InChI is InChI=1S/C23H33N3O2S/c1-16-9-11-19(26(15-16)22(27)28-23(2,3)4)17-10-12-20-18(14-17)24-21(29-20)8-7-13-25(5)6/h10-12,14,16H,7-9,13,15H2,1-6H3. The first-order chi connectivity index (χ1) is 13.6. The quantitative estimate of drug-likeness (QED) is 0.655. The van der Waals surface area contributed by atoms with Crippen LogP contribution in [0, 0.1) is 5.92 Å². The molecule has 1 amide bonds. The Morgan fingerprint density at radius 1 is 1.34 bits per heavy atom. The molecular formula is C23H33N3O2S. The SMILES string of the molecule is CC1CC=C(c2ccc3sc(CCCN(C)C)nc3c2)N(C(=O)OC(C)(C)C)C1. The maximum atomic E-state index is 12.8. The lowest BCUT2D eigenvalue weighted by Gasteiger charge is -2.33. The summed E-state index contributed by atoms with van der Waals surface area (Å²) in [6, 6.07) is 6.34. The largest absolute Gasteiger partial charge is 0.443 e. The number of hydrogen-bond acceptors (Lipinski definition) is 5. The molecule has 3 rings (SSSR count). The number of rotatable bonds is 5. The molecule has 1 aliphatic rings. The van der Waals surface area contributed by atoms with Gasteiger partial charge in [-0.25, -0.2) is 9.78 Å². The minimum Gasteiger partial charge on any atom is -0.443 e. The molecule has 2 aromatic rings. The van der Waals surface area contributed by atoms with Crippen molar-refractivity contribution in [3.05, 3.63) is 34.8 Å². The lowest BCUT2D eigenvalue weighted by atomic mass is 9.98. The number of allylic oxidation sites excluding steroid dienone is 1. The minimum atomic E-state index is -0.511. The molecule has 0 spiro atoms. The molecule has 0 radical (unpaired) electrons. The van der Waals surface area contributed by atoms with Crippen molar-refractivity contribution in [1.82, 2.24) is 14.8 Å². The number of thiazole rings is 1. The minimum absolute atomic E-state index is 0.280. The third-order valence-corrected chi connectivity index (χ3v) is 5.93. The molecule has 1 aromatic heterocycles. The Morgan fingerprint density at radius 3 is 2.79 bits per heavy atom. The zero-order valence-electron chi connectivity index (χ0n) is 18.5. The van der Waals surface area contributed by atoms with E-state index in [4.69, 9.17) is 9.72 Å². The van der Waals surface area contributed by atoms with Crippen molar-refractivity contribution >= 4 is 33.3 Å². The average Bonchev–Trinajstić information content (AvgIpc) is 3.01. The summed E-state index contributed by atoms with van der Waals surface area (Å²) in [6.07, 6.45) is 4.94. The van der Waals surface area contributed by atoms with Crippen LogP contribution in [0.5, 0.6) is 0 Å². The number of aryl methyl sites for hydroxylation is 1. The second-order valence-electron chi connectivity index (χ2n) is 9.22. The molecule has 0 aliphatic carbocycles. The van der Waals surface area contributed by atoms with Crippen LogP contribution in [0.3, 0.4) is 0 Å². The zero-order chi connectivity index (χ0) is 21.2. The van der Waals surface area contributed by atoms with Gasteiger partial charge in [-0.1, -0.05) is 19.1 Å². The van der Waals surface area contributed by atoms with Crippen molar-refractivity contribution < 1.29 is 9.53 Å². The van der Waals surface area contributed by atoms with Crippen LogP contribution < -0.4 is 0 Å². The molecular weight excluding hydrogens is 382 g/mol. The van der Waals surface area contributed by atoms with Gasteiger partial charge in [0.25, 0.3) is 0 Å². The smallest absolute Gasteiger partial charge is 0.414 e. The van der Waals surface area contributed by atoms with E-state index in [0.29, 0.717) is 12.5 Å². The number of ether oxygens (including phenoxy) is 1. The van der Waals surface area contributed by atoms with E-state index in [2.05, 4.69) is 50.2 Å². The molecule has 2 heterocycles. The molecule has 0 fully saturated rings. The predicted molar refractivity (Wildman–Crippen MR) is 121 cm³/mol. The van der Waals surface area contributed by atoms with Crippen LogP contribution >= 0.6 is 11.3 Å². The molecule has 29 heavy (non-hydrogen) atoms. The van der Waals surface area contributed by atoms with Gasteiger partial charge in [0.05, 0.1) is 20.9 Å². The van der Waals surface area contributed by atoms with Crippen molar-refractivity contribution in [1.29, 1.82) is 0 Å². The molecule has 6 heteroatoms. The molecule has 1 aliphatic heterocycles. The fraction of sp³-hybridized carbons (Fsp3) is 0.565. The number of amides is 1. The molecule has 1 aromatic carbocycles. The zero-order valence-corrected chi connectivity index (χ0v) is 19.3. The second kappa shape index (κ2) is 8.84. The second-order valence-corrected chi connectivity index (χ2v) is 10.3.